The molecule has 2 aliphatic heterocycles. The van der Waals surface area contributed by atoms with Crippen molar-refractivity contribution < 1.29 is 19.1 Å². The molecular weight excluding hydrogens is 404 g/mol. The van der Waals surface area contributed by atoms with Crippen LogP contribution in [-0.4, -0.2) is 29.0 Å². The van der Waals surface area contributed by atoms with Crippen LogP contribution in [-0.2, 0) is 16.1 Å². The highest BCUT2D eigenvalue weighted by Gasteiger charge is 2.51. The zero-order valence-corrected chi connectivity index (χ0v) is 18.3. The lowest BCUT2D eigenvalue weighted by atomic mass is 9.83. The van der Waals surface area contributed by atoms with Crippen molar-refractivity contribution in [3.05, 3.63) is 71.8 Å². The van der Waals surface area contributed by atoms with Crippen molar-refractivity contribution in [2.75, 3.05) is 6.79 Å². The Labute approximate surface area is 187 Å². The van der Waals surface area contributed by atoms with Crippen molar-refractivity contribution >= 4 is 22.6 Å². The van der Waals surface area contributed by atoms with Gasteiger partial charge in [0.05, 0.1) is 12.5 Å². The summed E-state index contributed by atoms with van der Waals surface area (Å²) in [5.74, 6) is 1.22. The summed E-state index contributed by atoms with van der Waals surface area (Å²) in [6.45, 7) is 4.41. The fourth-order valence-electron chi connectivity index (χ4n) is 4.68. The van der Waals surface area contributed by atoms with Gasteiger partial charge < -0.3 is 19.7 Å². The van der Waals surface area contributed by atoms with Crippen LogP contribution in [0.25, 0.3) is 10.8 Å². The van der Waals surface area contributed by atoms with E-state index in [0.29, 0.717) is 30.9 Å². The summed E-state index contributed by atoms with van der Waals surface area (Å²) < 4.78 is 10.9. The van der Waals surface area contributed by atoms with E-state index in [1.807, 2.05) is 56.3 Å². The molecule has 164 valence electrons. The van der Waals surface area contributed by atoms with E-state index in [4.69, 9.17) is 9.47 Å². The maximum Gasteiger partial charge on any atom is 0.245 e. The lowest BCUT2D eigenvalue weighted by molar-refractivity contribution is -0.164. The van der Waals surface area contributed by atoms with E-state index in [1.54, 1.807) is 4.90 Å². The van der Waals surface area contributed by atoms with E-state index in [2.05, 4.69) is 23.5 Å². The monoisotopic (exact) mass is 430 g/mol. The maximum absolute atomic E-state index is 13.4. The molecule has 5 rings (SSSR count). The molecule has 0 aliphatic carbocycles. The van der Waals surface area contributed by atoms with Crippen LogP contribution in [0.2, 0.25) is 0 Å². The summed E-state index contributed by atoms with van der Waals surface area (Å²) in [6, 6.07) is 19.8. The molecule has 6 nitrogen and oxygen atoms in total. The topological polar surface area (TPSA) is 67.9 Å². The molecule has 0 saturated carbocycles. The van der Waals surface area contributed by atoms with Crippen molar-refractivity contribution in [2.45, 2.75) is 44.8 Å². The number of hydrogen-bond acceptors (Lipinski definition) is 4. The smallest absolute Gasteiger partial charge is 0.245 e. The van der Waals surface area contributed by atoms with Crippen molar-refractivity contribution in [1.82, 2.24) is 10.2 Å². The largest absolute Gasteiger partial charge is 0.454 e. The van der Waals surface area contributed by atoms with Gasteiger partial charge in [-0.05, 0) is 47.4 Å². The van der Waals surface area contributed by atoms with Gasteiger partial charge in [-0.2, -0.15) is 0 Å². The Kier molecular flexibility index (Phi) is 5.00. The Morgan fingerprint density at radius 2 is 1.88 bits per heavy atom. The second-order valence-corrected chi connectivity index (χ2v) is 8.54. The molecule has 3 aromatic carbocycles. The molecule has 0 spiro atoms. The quantitative estimate of drug-likeness (QED) is 0.591. The van der Waals surface area contributed by atoms with Crippen LogP contribution in [0.4, 0.5) is 0 Å². The SMILES string of the molecule is CCC(C)(C(=O)NCc1cccc2ccccc12)N1C(=O)CC1c1ccc2c(c1)OCO2. The molecule has 6 heteroatoms. The van der Waals surface area contributed by atoms with E-state index in [9.17, 15) is 9.59 Å². The highest BCUT2D eigenvalue weighted by atomic mass is 16.7. The predicted octanol–water partition coefficient (Wildman–Crippen LogP) is 4.33. The van der Waals surface area contributed by atoms with Crippen LogP contribution in [0.1, 0.15) is 43.9 Å². The standard InChI is InChI=1S/C26H26N2O4/c1-3-26(2,25(30)27-15-19-9-6-8-17-7-4-5-10-20(17)19)28-21(14-24(28)29)18-11-12-22-23(13-18)32-16-31-22/h4-13,21H,3,14-16H2,1-2H3,(H,27,30). The van der Waals surface area contributed by atoms with Crippen LogP contribution in [0, 0.1) is 0 Å². The van der Waals surface area contributed by atoms with Crippen LogP contribution >= 0.6 is 0 Å². The van der Waals surface area contributed by atoms with Crippen molar-refractivity contribution in [3.63, 3.8) is 0 Å². The van der Waals surface area contributed by atoms with E-state index in [-0.39, 0.29) is 24.6 Å². The zero-order valence-electron chi connectivity index (χ0n) is 18.3. The first-order chi connectivity index (χ1) is 15.5. The van der Waals surface area contributed by atoms with Crippen LogP contribution < -0.4 is 14.8 Å². The Hall–Kier alpha value is -3.54. The van der Waals surface area contributed by atoms with Crippen LogP contribution in [0.5, 0.6) is 11.5 Å². The van der Waals surface area contributed by atoms with Crippen molar-refractivity contribution in [3.8, 4) is 11.5 Å². The number of carbonyl (C=O) groups excluding carboxylic acids is 2. The zero-order chi connectivity index (χ0) is 22.3. The number of β-lactam (4-membered cyclic amide) rings is 1. The lowest BCUT2D eigenvalue weighted by Gasteiger charge is -2.51. The molecule has 2 unspecified atom stereocenters. The molecule has 0 bridgehead atoms. The fraction of sp³-hybridized carbons (Fsp3) is 0.308. The number of likely N-dealkylation sites (tertiary alicyclic amines) is 1. The average molecular weight is 431 g/mol. The summed E-state index contributed by atoms with van der Waals surface area (Å²) in [4.78, 5) is 27.8. The summed E-state index contributed by atoms with van der Waals surface area (Å²) >= 11 is 0. The number of nitrogens with zero attached hydrogens (tertiary/aromatic N) is 1. The molecule has 3 aromatic rings. The Balaban J connectivity index is 1.37. The molecule has 2 aliphatic rings. The number of hydrogen-bond donors (Lipinski definition) is 1. The maximum atomic E-state index is 13.4. The lowest BCUT2D eigenvalue weighted by Crippen LogP contribution is -2.64. The van der Waals surface area contributed by atoms with Crippen molar-refractivity contribution in [2.24, 2.45) is 0 Å². The fourth-order valence-corrected chi connectivity index (χ4v) is 4.68. The third kappa shape index (κ3) is 3.27. The minimum atomic E-state index is -0.943. The molecule has 2 atom stereocenters. The first-order valence-corrected chi connectivity index (χ1v) is 11.0. The number of ether oxygens (including phenoxy) is 2. The Morgan fingerprint density at radius 1 is 1.09 bits per heavy atom. The number of nitrogens with one attached hydrogen (secondary N) is 1. The first-order valence-electron chi connectivity index (χ1n) is 11.0. The van der Waals surface area contributed by atoms with Gasteiger partial charge in [0.15, 0.2) is 11.5 Å². The second kappa shape index (κ2) is 7.86. The Bertz CT molecular complexity index is 1200. The molecule has 2 heterocycles. The highest BCUT2D eigenvalue weighted by molar-refractivity contribution is 5.95. The van der Waals surface area contributed by atoms with Crippen LogP contribution in [0.3, 0.4) is 0 Å². The molecule has 0 aromatic heterocycles. The normalized spacial score (nSPS) is 18.9. The van der Waals surface area contributed by atoms with E-state index in [1.165, 1.54) is 0 Å². The number of amides is 2. The van der Waals surface area contributed by atoms with Gasteiger partial charge in [0.1, 0.15) is 5.54 Å². The molecule has 1 N–H and O–H groups in total. The number of carbonyl (C=O) groups is 2. The van der Waals surface area contributed by atoms with E-state index >= 15 is 0 Å². The van der Waals surface area contributed by atoms with Gasteiger partial charge in [0.2, 0.25) is 18.6 Å². The minimum absolute atomic E-state index is 0.0164. The van der Waals surface area contributed by atoms with Crippen molar-refractivity contribution in [1.29, 1.82) is 0 Å². The Morgan fingerprint density at radius 3 is 2.69 bits per heavy atom. The molecule has 32 heavy (non-hydrogen) atoms. The van der Waals surface area contributed by atoms with Crippen LogP contribution in [0.15, 0.2) is 60.7 Å². The summed E-state index contributed by atoms with van der Waals surface area (Å²) in [7, 11) is 0. The summed E-state index contributed by atoms with van der Waals surface area (Å²) in [5, 5.41) is 5.34. The second-order valence-electron chi connectivity index (χ2n) is 8.54. The molecule has 1 saturated heterocycles. The number of rotatable bonds is 6. The van der Waals surface area contributed by atoms with Gasteiger partial charge in [0, 0.05) is 6.54 Å². The van der Waals surface area contributed by atoms with E-state index < -0.39 is 5.54 Å². The number of fused-ring (bicyclic) bond motifs is 2. The average Bonchev–Trinajstić information content (AvgIpc) is 3.28. The third-order valence-corrected chi connectivity index (χ3v) is 6.76. The predicted molar refractivity (Wildman–Crippen MR) is 121 cm³/mol. The van der Waals surface area contributed by atoms with Gasteiger partial charge in [0.25, 0.3) is 0 Å². The molecule has 0 radical (unpaired) electrons. The molecular formula is C26H26N2O4. The van der Waals surface area contributed by atoms with Gasteiger partial charge in [-0.1, -0.05) is 55.5 Å². The highest BCUT2D eigenvalue weighted by Crippen LogP contribution is 2.44. The molecule has 1 fully saturated rings. The molecule has 2 amide bonds. The number of benzene rings is 3. The van der Waals surface area contributed by atoms with Gasteiger partial charge in [-0.3, -0.25) is 9.59 Å². The van der Waals surface area contributed by atoms with E-state index in [0.717, 1.165) is 21.9 Å². The summed E-state index contributed by atoms with van der Waals surface area (Å²) in [5.41, 5.74) is 1.06. The van der Waals surface area contributed by atoms with Gasteiger partial charge in [-0.15, -0.1) is 0 Å². The van der Waals surface area contributed by atoms with Gasteiger partial charge in [-0.25, -0.2) is 0 Å². The minimum Gasteiger partial charge on any atom is -0.454 e. The third-order valence-electron chi connectivity index (χ3n) is 6.76. The summed E-state index contributed by atoms with van der Waals surface area (Å²) in [6.07, 6.45) is 0.896. The first kappa shape index (κ1) is 20.4. The van der Waals surface area contributed by atoms with Gasteiger partial charge >= 0.3 is 0 Å².